The first kappa shape index (κ1) is 15.5. The van der Waals surface area contributed by atoms with Gasteiger partial charge >= 0.3 is 5.69 Å². The second-order valence-corrected chi connectivity index (χ2v) is 5.02. The molecular formula is C11H11BrF2N2O3. The first-order valence-electron chi connectivity index (χ1n) is 5.43. The van der Waals surface area contributed by atoms with Crippen molar-refractivity contribution in [1.29, 1.82) is 0 Å². The fourth-order valence-electron chi connectivity index (χ4n) is 1.33. The summed E-state index contributed by atoms with van der Waals surface area (Å²) in [5, 5.41) is 12.8. The van der Waals surface area contributed by atoms with E-state index in [0.29, 0.717) is 18.6 Å². The largest absolute Gasteiger partial charge is 0.351 e. The van der Waals surface area contributed by atoms with Crippen LogP contribution in [0.15, 0.2) is 12.1 Å². The maximum Gasteiger partial charge on any atom is 0.305 e. The fourth-order valence-corrected chi connectivity index (χ4v) is 1.49. The molecule has 0 heterocycles. The second-order valence-electron chi connectivity index (χ2n) is 3.73. The number of carbonyl (C=O) groups is 1. The van der Waals surface area contributed by atoms with Crippen molar-refractivity contribution in [3.8, 4) is 0 Å². The lowest BCUT2D eigenvalue weighted by molar-refractivity contribution is -0.387. The van der Waals surface area contributed by atoms with Gasteiger partial charge in [0.15, 0.2) is 0 Å². The van der Waals surface area contributed by atoms with Crippen LogP contribution in [0.4, 0.5) is 14.5 Å². The third-order valence-corrected chi connectivity index (χ3v) is 3.39. The number of benzene rings is 1. The SMILES string of the molecule is CCC(Br)CNC(=O)c1c(F)ccc([N+](=O)[O-])c1F. The molecule has 1 atom stereocenters. The minimum atomic E-state index is -1.47. The number of nitrogens with zero attached hydrogens (tertiary/aromatic N) is 1. The molecule has 1 N–H and O–H groups in total. The lowest BCUT2D eigenvalue weighted by Crippen LogP contribution is -2.30. The van der Waals surface area contributed by atoms with E-state index in [2.05, 4.69) is 21.2 Å². The summed E-state index contributed by atoms with van der Waals surface area (Å²) < 4.78 is 27.1. The van der Waals surface area contributed by atoms with Gasteiger partial charge in [-0.2, -0.15) is 4.39 Å². The molecule has 19 heavy (non-hydrogen) atoms. The standard InChI is InChI=1S/C11H11BrF2N2O3/c1-2-6(12)5-15-11(17)9-7(13)3-4-8(10(9)14)16(18)19/h3-4,6H,2,5H2,1H3,(H,15,17). The predicted molar refractivity (Wildman–Crippen MR) is 68.4 cm³/mol. The molecule has 0 aliphatic rings. The van der Waals surface area contributed by atoms with E-state index in [4.69, 9.17) is 0 Å². The van der Waals surface area contributed by atoms with E-state index in [1.54, 1.807) is 0 Å². The monoisotopic (exact) mass is 336 g/mol. The van der Waals surface area contributed by atoms with Crippen LogP contribution in [0, 0.1) is 21.7 Å². The summed E-state index contributed by atoms with van der Waals surface area (Å²) in [7, 11) is 0. The quantitative estimate of drug-likeness (QED) is 0.510. The molecule has 0 bridgehead atoms. The second kappa shape index (κ2) is 6.55. The molecule has 0 fully saturated rings. The number of halogens is 3. The van der Waals surface area contributed by atoms with Crippen molar-refractivity contribution in [3.63, 3.8) is 0 Å². The molecule has 1 aromatic rings. The van der Waals surface area contributed by atoms with Gasteiger partial charge in [-0.05, 0) is 12.5 Å². The zero-order valence-electron chi connectivity index (χ0n) is 9.95. The van der Waals surface area contributed by atoms with Gasteiger partial charge in [-0.1, -0.05) is 22.9 Å². The highest BCUT2D eigenvalue weighted by molar-refractivity contribution is 9.09. The average molecular weight is 337 g/mol. The molecule has 104 valence electrons. The molecule has 0 radical (unpaired) electrons. The zero-order chi connectivity index (χ0) is 14.6. The zero-order valence-corrected chi connectivity index (χ0v) is 11.5. The fraction of sp³-hybridized carbons (Fsp3) is 0.364. The number of amides is 1. The van der Waals surface area contributed by atoms with Crippen LogP contribution in [-0.2, 0) is 0 Å². The summed E-state index contributed by atoms with van der Waals surface area (Å²) in [6.07, 6.45) is 0.709. The number of carbonyl (C=O) groups excluding carboxylic acids is 1. The Morgan fingerprint density at radius 2 is 2.16 bits per heavy atom. The molecule has 1 aromatic carbocycles. The molecule has 5 nitrogen and oxygen atoms in total. The minimum absolute atomic E-state index is 0.0405. The average Bonchev–Trinajstić information content (AvgIpc) is 2.35. The van der Waals surface area contributed by atoms with E-state index >= 15 is 0 Å². The van der Waals surface area contributed by atoms with Crippen LogP contribution in [0.3, 0.4) is 0 Å². The molecule has 0 aliphatic heterocycles. The Kier molecular flexibility index (Phi) is 5.34. The number of nitro groups is 1. The van der Waals surface area contributed by atoms with Crippen molar-refractivity contribution in [3.05, 3.63) is 39.4 Å². The Morgan fingerprint density at radius 3 is 2.68 bits per heavy atom. The van der Waals surface area contributed by atoms with Gasteiger partial charge in [0.05, 0.1) is 4.92 Å². The van der Waals surface area contributed by atoms with Crippen LogP contribution in [0.25, 0.3) is 0 Å². The van der Waals surface area contributed by atoms with Crippen molar-refractivity contribution < 1.29 is 18.5 Å². The molecule has 0 aromatic heterocycles. The number of rotatable bonds is 5. The van der Waals surface area contributed by atoms with Gasteiger partial charge in [-0.25, -0.2) is 4.39 Å². The third kappa shape index (κ3) is 3.69. The third-order valence-electron chi connectivity index (χ3n) is 2.42. The van der Waals surface area contributed by atoms with E-state index < -0.39 is 33.7 Å². The van der Waals surface area contributed by atoms with Crippen LogP contribution in [0.5, 0.6) is 0 Å². The van der Waals surface area contributed by atoms with Gasteiger partial charge in [0.25, 0.3) is 5.91 Å². The maximum absolute atomic E-state index is 13.7. The number of nitro benzene ring substituents is 1. The Morgan fingerprint density at radius 1 is 1.53 bits per heavy atom. The Balaban J connectivity index is 3.02. The van der Waals surface area contributed by atoms with Gasteiger partial charge in [0.2, 0.25) is 5.82 Å². The van der Waals surface area contributed by atoms with E-state index in [9.17, 15) is 23.7 Å². The van der Waals surface area contributed by atoms with E-state index in [1.807, 2.05) is 6.92 Å². The molecule has 1 unspecified atom stereocenters. The highest BCUT2D eigenvalue weighted by Crippen LogP contribution is 2.23. The van der Waals surface area contributed by atoms with Gasteiger partial charge in [-0.15, -0.1) is 0 Å². The van der Waals surface area contributed by atoms with Gasteiger partial charge in [-0.3, -0.25) is 14.9 Å². The van der Waals surface area contributed by atoms with E-state index in [0.717, 1.165) is 0 Å². The van der Waals surface area contributed by atoms with Crippen LogP contribution >= 0.6 is 15.9 Å². The smallest absolute Gasteiger partial charge is 0.305 e. The van der Waals surface area contributed by atoms with Crippen LogP contribution in [0.1, 0.15) is 23.7 Å². The summed E-state index contributed by atoms with van der Waals surface area (Å²) in [4.78, 5) is 21.1. The van der Waals surface area contributed by atoms with Crippen molar-refractivity contribution >= 4 is 27.5 Å². The summed E-state index contributed by atoms with van der Waals surface area (Å²) in [6, 6.07) is 1.38. The van der Waals surface area contributed by atoms with Gasteiger partial charge in [0.1, 0.15) is 11.4 Å². The van der Waals surface area contributed by atoms with Crippen LogP contribution in [0.2, 0.25) is 0 Å². The van der Waals surface area contributed by atoms with Crippen LogP contribution < -0.4 is 5.32 Å². The molecule has 1 amide bonds. The van der Waals surface area contributed by atoms with Crippen molar-refractivity contribution in [2.45, 2.75) is 18.2 Å². The molecule has 0 aliphatic carbocycles. The topological polar surface area (TPSA) is 72.2 Å². The number of hydrogen-bond donors (Lipinski definition) is 1. The Labute approximate surface area is 116 Å². The highest BCUT2D eigenvalue weighted by Gasteiger charge is 2.26. The Bertz CT molecular complexity index is 511. The molecule has 0 saturated heterocycles. The van der Waals surface area contributed by atoms with Crippen molar-refractivity contribution in [2.75, 3.05) is 6.54 Å². The maximum atomic E-state index is 13.7. The van der Waals surface area contributed by atoms with Crippen molar-refractivity contribution in [1.82, 2.24) is 5.32 Å². The van der Waals surface area contributed by atoms with Crippen LogP contribution in [-0.4, -0.2) is 22.2 Å². The van der Waals surface area contributed by atoms with E-state index in [-0.39, 0.29) is 11.4 Å². The molecule has 8 heteroatoms. The molecule has 0 saturated carbocycles. The first-order chi connectivity index (χ1) is 8.88. The minimum Gasteiger partial charge on any atom is -0.351 e. The van der Waals surface area contributed by atoms with Gasteiger partial charge < -0.3 is 5.32 Å². The number of nitrogens with one attached hydrogen (secondary N) is 1. The molecule has 1 rings (SSSR count). The highest BCUT2D eigenvalue weighted by atomic mass is 79.9. The summed E-state index contributed by atoms with van der Waals surface area (Å²) in [5.74, 6) is -3.62. The molecular weight excluding hydrogens is 326 g/mol. The van der Waals surface area contributed by atoms with Crippen molar-refractivity contribution in [2.24, 2.45) is 0 Å². The Hall–Kier alpha value is -1.57. The number of hydrogen-bond acceptors (Lipinski definition) is 3. The lowest BCUT2D eigenvalue weighted by Gasteiger charge is -2.10. The number of alkyl halides is 1. The predicted octanol–water partition coefficient (Wildman–Crippen LogP) is 2.78. The normalized spacial score (nSPS) is 12.0. The summed E-state index contributed by atoms with van der Waals surface area (Å²) >= 11 is 3.24. The summed E-state index contributed by atoms with van der Waals surface area (Å²) in [5.41, 5.74) is -1.87. The van der Waals surface area contributed by atoms with E-state index in [1.165, 1.54) is 0 Å². The first-order valence-corrected chi connectivity index (χ1v) is 6.34. The van der Waals surface area contributed by atoms with Gasteiger partial charge in [0, 0.05) is 17.4 Å². The molecule has 0 spiro atoms. The summed E-state index contributed by atoms with van der Waals surface area (Å²) in [6.45, 7) is 2.02. The lowest BCUT2D eigenvalue weighted by atomic mass is 10.1.